The lowest BCUT2D eigenvalue weighted by Gasteiger charge is -2.08. The number of aliphatic hydroxyl groups is 1. The molecule has 154 valence electrons. The van der Waals surface area contributed by atoms with Crippen LogP contribution in [0.3, 0.4) is 0 Å². The smallest absolute Gasteiger partial charge is 0.219 e. The molecular weight excluding hydrogens is 328 g/mol. The van der Waals surface area contributed by atoms with Gasteiger partial charge < -0.3 is 21.1 Å². The first-order valence-electron chi connectivity index (χ1n) is 10.7. The summed E-state index contributed by atoms with van der Waals surface area (Å²) in [6.07, 6.45) is 18.6. The van der Waals surface area contributed by atoms with Crippen molar-refractivity contribution >= 4 is 5.91 Å². The molecule has 5 nitrogen and oxygen atoms in total. The summed E-state index contributed by atoms with van der Waals surface area (Å²) < 4.78 is 0. The Labute approximate surface area is 160 Å². The van der Waals surface area contributed by atoms with Crippen LogP contribution in [0.4, 0.5) is 0 Å². The second-order valence-electron chi connectivity index (χ2n) is 7.11. The number of unbranched alkanes of at least 4 members (excludes halogenated alkanes) is 8. The molecule has 1 amide bonds. The first-order valence-corrected chi connectivity index (χ1v) is 10.7. The molecule has 0 bridgehead atoms. The van der Waals surface area contributed by atoms with Gasteiger partial charge in [-0.2, -0.15) is 0 Å². The van der Waals surface area contributed by atoms with E-state index < -0.39 is 0 Å². The molecule has 0 spiro atoms. The molecule has 0 rings (SSSR count). The molecule has 0 unspecified atom stereocenters. The summed E-state index contributed by atoms with van der Waals surface area (Å²) in [6, 6.07) is 0. The van der Waals surface area contributed by atoms with Crippen LogP contribution in [0.5, 0.6) is 0 Å². The zero-order chi connectivity index (χ0) is 19.3. The molecule has 0 aromatic rings. The monoisotopic (exact) mass is 369 g/mol. The van der Waals surface area contributed by atoms with Crippen LogP contribution in [0.25, 0.3) is 0 Å². The second-order valence-corrected chi connectivity index (χ2v) is 7.11. The van der Waals surface area contributed by atoms with Gasteiger partial charge in [0.25, 0.3) is 0 Å². The zero-order valence-corrected chi connectivity index (χ0v) is 16.8. The minimum atomic E-state index is -0.175. The van der Waals surface area contributed by atoms with Crippen LogP contribution in [-0.4, -0.2) is 30.2 Å². The Kier molecular flexibility index (Phi) is 19.7. The van der Waals surface area contributed by atoms with Crippen molar-refractivity contribution in [2.24, 2.45) is 0 Å². The number of amides is 1. The Balaban J connectivity index is 3.30. The van der Waals surface area contributed by atoms with Crippen molar-refractivity contribution in [2.75, 3.05) is 13.1 Å². The average molecular weight is 370 g/mol. The van der Waals surface area contributed by atoms with Crippen LogP contribution in [0.1, 0.15) is 96.8 Å². The number of hydroxylamine groups is 1. The number of hydrogen-bond donors (Lipinski definition) is 3. The largest absolute Gasteiger partial charge is 0.788 e. The molecule has 0 fully saturated rings. The molecule has 0 saturated heterocycles. The highest BCUT2D eigenvalue weighted by atomic mass is 16.5. The normalized spacial score (nSPS) is 12.6. The van der Waals surface area contributed by atoms with Crippen molar-refractivity contribution in [3.8, 4) is 0 Å². The molecule has 0 saturated carbocycles. The summed E-state index contributed by atoms with van der Waals surface area (Å²) >= 11 is 0. The van der Waals surface area contributed by atoms with E-state index in [9.17, 15) is 15.1 Å². The molecule has 5 heteroatoms. The third-order valence-corrected chi connectivity index (χ3v) is 4.52. The lowest BCUT2D eigenvalue weighted by atomic mass is 10.1. The second kappa shape index (κ2) is 20.4. The molecule has 0 aromatic heterocycles. The summed E-state index contributed by atoms with van der Waals surface area (Å²) in [5.41, 5.74) is 1.82. The van der Waals surface area contributed by atoms with Crippen LogP contribution in [-0.2, 0) is 4.79 Å². The van der Waals surface area contributed by atoms with E-state index in [0.29, 0.717) is 25.9 Å². The van der Waals surface area contributed by atoms with Crippen molar-refractivity contribution < 1.29 is 9.90 Å². The number of nitrogens with one attached hydrogen (secondary N) is 2. The SMILES string of the molecule is CCCCCC[C@@H](O)C/C=C\CCCCCCCC(=O)NCCCN[O-]. The fourth-order valence-electron chi connectivity index (χ4n) is 2.85. The maximum Gasteiger partial charge on any atom is 0.219 e. The quantitative estimate of drug-likeness (QED) is 0.177. The van der Waals surface area contributed by atoms with Gasteiger partial charge in [-0.15, -0.1) is 0 Å². The van der Waals surface area contributed by atoms with E-state index in [0.717, 1.165) is 38.5 Å². The minimum absolute atomic E-state index is 0.0899. The first kappa shape index (κ1) is 25.1. The van der Waals surface area contributed by atoms with Crippen molar-refractivity contribution in [2.45, 2.75) is 103 Å². The van der Waals surface area contributed by atoms with E-state index in [2.05, 4.69) is 24.4 Å². The van der Waals surface area contributed by atoms with E-state index in [4.69, 9.17) is 0 Å². The van der Waals surface area contributed by atoms with Crippen molar-refractivity contribution in [1.82, 2.24) is 10.8 Å². The number of aliphatic hydroxyl groups excluding tert-OH is 1. The van der Waals surface area contributed by atoms with E-state index in [1.165, 1.54) is 38.5 Å². The maximum atomic E-state index is 11.5. The van der Waals surface area contributed by atoms with Gasteiger partial charge in [-0.25, -0.2) is 0 Å². The van der Waals surface area contributed by atoms with Gasteiger partial charge >= 0.3 is 0 Å². The molecule has 26 heavy (non-hydrogen) atoms. The van der Waals surface area contributed by atoms with E-state index >= 15 is 0 Å². The summed E-state index contributed by atoms with van der Waals surface area (Å²) in [5.74, 6) is 0.0899. The molecule has 0 aliphatic carbocycles. The molecule has 0 radical (unpaired) electrons. The van der Waals surface area contributed by atoms with Gasteiger partial charge in [-0.3, -0.25) is 4.79 Å². The molecule has 0 aromatic carbocycles. The third-order valence-electron chi connectivity index (χ3n) is 4.52. The summed E-state index contributed by atoms with van der Waals surface area (Å²) in [4.78, 5) is 11.5. The number of hydrogen-bond acceptors (Lipinski definition) is 4. The van der Waals surface area contributed by atoms with Gasteiger partial charge in [0.15, 0.2) is 0 Å². The van der Waals surface area contributed by atoms with Crippen LogP contribution < -0.4 is 10.8 Å². The highest BCUT2D eigenvalue weighted by Crippen LogP contribution is 2.10. The molecule has 0 heterocycles. The Morgan fingerprint density at radius 1 is 0.962 bits per heavy atom. The molecular formula is C21H41N2O3-. The Bertz CT molecular complexity index is 335. The van der Waals surface area contributed by atoms with Gasteiger partial charge in [0, 0.05) is 13.0 Å². The lowest BCUT2D eigenvalue weighted by Crippen LogP contribution is -2.25. The van der Waals surface area contributed by atoms with Crippen molar-refractivity contribution in [3.63, 3.8) is 0 Å². The molecule has 0 aliphatic rings. The molecule has 3 N–H and O–H groups in total. The predicted octanol–water partition coefficient (Wildman–Crippen LogP) is 4.59. The molecule has 1 atom stereocenters. The third kappa shape index (κ3) is 19.4. The lowest BCUT2D eigenvalue weighted by molar-refractivity contribution is -0.121. The van der Waals surface area contributed by atoms with E-state index in [1.807, 2.05) is 5.48 Å². The van der Waals surface area contributed by atoms with Crippen LogP contribution in [0, 0.1) is 5.21 Å². The average Bonchev–Trinajstić information content (AvgIpc) is 2.64. The number of carbonyl (C=O) groups is 1. The number of allylic oxidation sites excluding steroid dienone is 1. The maximum absolute atomic E-state index is 11.5. The summed E-state index contributed by atoms with van der Waals surface area (Å²) in [6.45, 7) is 3.18. The molecule has 0 aliphatic heterocycles. The fourth-order valence-corrected chi connectivity index (χ4v) is 2.85. The van der Waals surface area contributed by atoms with Gasteiger partial charge in [-0.05, 0) is 45.1 Å². The van der Waals surface area contributed by atoms with E-state index in [-0.39, 0.29) is 12.0 Å². The minimum Gasteiger partial charge on any atom is -0.788 e. The highest BCUT2D eigenvalue weighted by molar-refractivity contribution is 5.75. The van der Waals surface area contributed by atoms with Gasteiger partial charge in [0.2, 0.25) is 5.91 Å². The van der Waals surface area contributed by atoms with Crippen LogP contribution in [0.2, 0.25) is 0 Å². The number of rotatable bonds is 19. The zero-order valence-electron chi connectivity index (χ0n) is 16.8. The number of carbonyl (C=O) groups excluding carboxylic acids is 1. The highest BCUT2D eigenvalue weighted by Gasteiger charge is 2.01. The van der Waals surface area contributed by atoms with Gasteiger partial charge in [-0.1, -0.05) is 64.0 Å². The first-order chi connectivity index (χ1) is 12.7. The standard InChI is InChI=1S/C21H41N2O3/c1-2-3-4-11-15-20(24)16-12-9-7-5-6-8-10-13-17-21(25)22-18-14-19-23-26/h9,12,20,23-24H,2-8,10-11,13-19H2,1H3,(H,22,25)/q-1/b12-9-/t20-/m1/s1. The Morgan fingerprint density at radius 3 is 2.46 bits per heavy atom. The van der Waals surface area contributed by atoms with Crippen molar-refractivity contribution in [1.29, 1.82) is 0 Å². The van der Waals surface area contributed by atoms with Crippen LogP contribution >= 0.6 is 0 Å². The fraction of sp³-hybridized carbons (Fsp3) is 0.857. The summed E-state index contributed by atoms with van der Waals surface area (Å²) in [7, 11) is 0. The Morgan fingerprint density at radius 2 is 1.69 bits per heavy atom. The van der Waals surface area contributed by atoms with Crippen LogP contribution in [0.15, 0.2) is 12.2 Å². The predicted molar refractivity (Wildman–Crippen MR) is 110 cm³/mol. The Hall–Kier alpha value is -0.910. The van der Waals surface area contributed by atoms with Gasteiger partial charge in [0.1, 0.15) is 0 Å². The van der Waals surface area contributed by atoms with E-state index in [1.54, 1.807) is 0 Å². The van der Waals surface area contributed by atoms with Gasteiger partial charge in [0.05, 0.1) is 6.10 Å². The van der Waals surface area contributed by atoms with Crippen molar-refractivity contribution in [3.05, 3.63) is 17.4 Å². The summed E-state index contributed by atoms with van der Waals surface area (Å²) in [5, 5.41) is 22.7. The topological polar surface area (TPSA) is 84.4 Å².